The van der Waals surface area contributed by atoms with E-state index in [1.165, 1.54) is 11.1 Å². The van der Waals surface area contributed by atoms with Gasteiger partial charge in [-0.25, -0.2) is 0 Å². The molecule has 0 aliphatic heterocycles. The molecule has 27 heavy (non-hydrogen) atoms. The molecule has 0 heterocycles. The molecule has 4 rings (SSSR count). The van der Waals surface area contributed by atoms with E-state index in [9.17, 15) is 0 Å². The number of allylic oxidation sites excluding steroid dienone is 8. The molecule has 0 radical (unpaired) electrons. The second-order valence-corrected chi connectivity index (χ2v) is 8.67. The van der Waals surface area contributed by atoms with E-state index in [0.29, 0.717) is 0 Å². The Bertz CT molecular complexity index is 838. The summed E-state index contributed by atoms with van der Waals surface area (Å²) in [5, 5.41) is 0. The molecule has 2 aromatic carbocycles. The van der Waals surface area contributed by atoms with Crippen molar-refractivity contribution in [3.63, 3.8) is 0 Å². The van der Waals surface area contributed by atoms with Crippen molar-refractivity contribution in [1.82, 2.24) is 0 Å². The minimum atomic E-state index is -0.221. The van der Waals surface area contributed by atoms with Gasteiger partial charge in [0.15, 0.2) is 0 Å². The summed E-state index contributed by atoms with van der Waals surface area (Å²) in [6.07, 6.45) is 18.5. The molecule has 2 aliphatic rings. The second-order valence-electron chi connectivity index (χ2n) is 8.67. The first-order valence-corrected chi connectivity index (χ1v) is 9.85. The summed E-state index contributed by atoms with van der Waals surface area (Å²) in [5.41, 5.74) is 2.40. The van der Waals surface area contributed by atoms with Crippen molar-refractivity contribution >= 4 is 0 Å². The zero-order valence-corrected chi connectivity index (χ0v) is 16.5. The minimum Gasteiger partial charge on any atom is -0.0763 e. The molecule has 0 amide bonds. The third-order valence-electron chi connectivity index (χ3n) is 6.43. The zero-order chi connectivity index (χ0) is 19.0. The topological polar surface area (TPSA) is 0 Å². The molecule has 0 heteroatoms. The average molecular weight is 353 g/mol. The number of rotatable bonds is 4. The lowest BCUT2D eigenvalue weighted by Crippen LogP contribution is -2.54. The van der Waals surface area contributed by atoms with Crippen molar-refractivity contribution in [2.75, 3.05) is 0 Å². The van der Waals surface area contributed by atoms with Gasteiger partial charge in [-0.15, -0.1) is 0 Å². The van der Waals surface area contributed by atoms with Crippen LogP contribution in [0.5, 0.6) is 0 Å². The largest absolute Gasteiger partial charge is 0.0763 e. The first-order chi connectivity index (χ1) is 13.0. The van der Waals surface area contributed by atoms with Gasteiger partial charge in [-0.05, 0) is 16.5 Å². The first kappa shape index (κ1) is 17.8. The van der Waals surface area contributed by atoms with Gasteiger partial charge in [-0.1, -0.05) is 130 Å². The van der Waals surface area contributed by atoms with Gasteiger partial charge in [0.05, 0.1) is 0 Å². The lowest BCUT2D eigenvalue weighted by molar-refractivity contribution is 0.0979. The number of hydrogen-bond donors (Lipinski definition) is 0. The van der Waals surface area contributed by atoms with E-state index in [1.54, 1.807) is 0 Å². The van der Waals surface area contributed by atoms with Crippen LogP contribution in [0.2, 0.25) is 0 Å². The van der Waals surface area contributed by atoms with E-state index < -0.39 is 0 Å². The van der Waals surface area contributed by atoms with Crippen molar-refractivity contribution in [3.8, 4) is 0 Å². The molecule has 0 fully saturated rings. The highest BCUT2D eigenvalue weighted by atomic mass is 14.6. The minimum absolute atomic E-state index is 0.0342. The maximum Gasteiger partial charge on any atom is 0.0430 e. The van der Waals surface area contributed by atoms with Crippen molar-refractivity contribution in [1.29, 1.82) is 0 Å². The quantitative estimate of drug-likeness (QED) is 0.563. The van der Waals surface area contributed by atoms with Gasteiger partial charge < -0.3 is 0 Å². The van der Waals surface area contributed by atoms with Gasteiger partial charge >= 0.3 is 0 Å². The van der Waals surface area contributed by atoms with E-state index >= 15 is 0 Å². The van der Waals surface area contributed by atoms with Crippen LogP contribution in [0.15, 0.2) is 109 Å². The van der Waals surface area contributed by atoms with Crippen LogP contribution in [0.4, 0.5) is 0 Å². The summed E-state index contributed by atoms with van der Waals surface area (Å²) < 4.78 is 0. The molecular formula is C27H28. The van der Waals surface area contributed by atoms with Crippen LogP contribution >= 0.6 is 0 Å². The zero-order valence-electron chi connectivity index (χ0n) is 16.5. The van der Waals surface area contributed by atoms with Crippen LogP contribution in [0.25, 0.3) is 0 Å². The van der Waals surface area contributed by atoms with E-state index in [1.807, 2.05) is 0 Å². The Morgan fingerprint density at radius 2 is 1.07 bits per heavy atom. The summed E-state index contributed by atoms with van der Waals surface area (Å²) in [6, 6.07) is 22.2. The molecule has 0 spiro atoms. The van der Waals surface area contributed by atoms with Crippen LogP contribution in [-0.2, 0) is 5.41 Å². The highest BCUT2D eigenvalue weighted by molar-refractivity contribution is 5.54. The van der Waals surface area contributed by atoms with Crippen LogP contribution in [0.1, 0.15) is 31.9 Å². The Morgan fingerprint density at radius 1 is 0.630 bits per heavy atom. The van der Waals surface area contributed by atoms with Gasteiger partial charge in [0.25, 0.3) is 0 Å². The molecule has 0 saturated heterocycles. The third-order valence-corrected chi connectivity index (χ3v) is 6.43. The fourth-order valence-electron chi connectivity index (χ4n) is 5.25. The van der Waals surface area contributed by atoms with Crippen LogP contribution in [0.3, 0.4) is 0 Å². The summed E-state index contributed by atoms with van der Waals surface area (Å²) in [5.74, 6) is 0.286. The maximum atomic E-state index is 2.44. The second kappa shape index (κ2) is 6.53. The molecule has 0 atom stereocenters. The van der Waals surface area contributed by atoms with E-state index in [-0.39, 0.29) is 22.2 Å². The molecule has 0 saturated carbocycles. The van der Waals surface area contributed by atoms with Crippen LogP contribution in [0, 0.1) is 16.7 Å². The molecule has 2 aromatic rings. The van der Waals surface area contributed by atoms with Crippen molar-refractivity contribution in [2.45, 2.75) is 26.2 Å². The van der Waals surface area contributed by atoms with Crippen molar-refractivity contribution < 1.29 is 0 Å². The Kier molecular flexibility index (Phi) is 4.30. The summed E-state index contributed by atoms with van der Waals surface area (Å²) in [4.78, 5) is 0. The Morgan fingerprint density at radius 3 is 1.48 bits per heavy atom. The average Bonchev–Trinajstić information content (AvgIpc) is 3.37. The lowest BCUT2D eigenvalue weighted by Gasteiger charge is -2.57. The Hall–Kier alpha value is -2.60. The molecule has 0 bridgehead atoms. The summed E-state index contributed by atoms with van der Waals surface area (Å²) in [7, 11) is 0. The van der Waals surface area contributed by atoms with E-state index in [4.69, 9.17) is 0 Å². The summed E-state index contributed by atoms with van der Waals surface area (Å²) >= 11 is 0. The highest BCUT2D eigenvalue weighted by Crippen LogP contribution is 2.63. The third kappa shape index (κ3) is 2.51. The smallest absolute Gasteiger partial charge is 0.0430 e. The molecule has 2 aliphatic carbocycles. The number of benzene rings is 2. The standard InChI is InChI=1S/C27H28/c1-25(2,3)26(20-12-13-21-26)27(24-18-10-11-19-24,22-14-6-4-7-15-22)23-16-8-5-9-17-23/h4-21,24H,1-3H3. The normalized spacial score (nSPS) is 18.5. The summed E-state index contributed by atoms with van der Waals surface area (Å²) in [6.45, 7) is 7.11. The van der Waals surface area contributed by atoms with Gasteiger partial charge in [-0.2, -0.15) is 0 Å². The van der Waals surface area contributed by atoms with Crippen LogP contribution in [-0.4, -0.2) is 0 Å². The Balaban J connectivity index is 2.15. The lowest BCUT2D eigenvalue weighted by atomic mass is 9.45. The van der Waals surface area contributed by atoms with E-state index in [0.717, 1.165) is 0 Å². The molecule has 0 unspecified atom stereocenters. The van der Waals surface area contributed by atoms with E-state index in [2.05, 4.69) is 130 Å². The Labute approximate surface area is 163 Å². The predicted molar refractivity (Wildman–Crippen MR) is 116 cm³/mol. The number of hydrogen-bond acceptors (Lipinski definition) is 0. The molecule has 0 aromatic heterocycles. The SMILES string of the molecule is CC(C)(C)C1(C(c2ccccc2)(c2ccccc2)C2C=CC=C2)C=CC=C1. The molecule has 136 valence electrons. The highest BCUT2D eigenvalue weighted by Gasteiger charge is 2.59. The fraction of sp³-hybridized carbons (Fsp3) is 0.259. The molecular weight excluding hydrogens is 324 g/mol. The maximum absolute atomic E-state index is 2.44. The van der Waals surface area contributed by atoms with Gasteiger partial charge in [0, 0.05) is 16.7 Å². The molecule has 0 N–H and O–H groups in total. The van der Waals surface area contributed by atoms with Gasteiger partial charge in [0.2, 0.25) is 0 Å². The molecule has 0 nitrogen and oxygen atoms in total. The van der Waals surface area contributed by atoms with Gasteiger partial charge in [0.1, 0.15) is 0 Å². The van der Waals surface area contributed by atoms with Gasteiger partial charge in [-0.3, -0.25) is 0 Å². The predicted octanol–water partition coefficient (Wildman–Crippen LogP) is 6.87. The fourth-order valence-corrected chi connectivity index (χ4v) is 5.25. The monoisotopic (exact) mass is 352 g/mol. The van der Waals surface area contributed by atoms with Crippen molar-refractivity contribution in [3.05, 3.63) is 120 Å². The first-order valence-electron chi connectivity index (χ1n) is 9.85. The van der Waals surface area contributed by atoms with Crippen LogP contribution < -0.4 is 0 Å². The van der Waals surface area contributed by atoms with Crippen molar-refractivity contribution in [2.24, 2.45) is 16.7 Å².